The minimum Gasteiger partial charge on any atom is -0.382 e. The van der Waals surface area contributed by atoms with Gasteiger partial charge < -0.3 is 5.32 Å². The van der Waals surface area contributed by atoms with Gasteiger partial charge in [0.15, 0.2) is 0 Å². The molecule has 0 amide bonds. The summed E-state index contributed by atoms with van der Waals surface area (Å²) in [6.07, 6.45) is 5.36. The molecule has 0 radical (unpaired) electrons. The summed E-state index contributed by atoms with van der Waals surface area (Å²) in [5.74, 6) is 0.770. The van der Waals surface area contributed by atoms with Crippen molar-refractivity contribution in [1.82, 2.24) is 0 Å². The van der Waals surface area contributed by atoms with E-state index in [1.54, 1.807) is 0 Å². The first-order valence-electron chi connectivity index (χ1n) is 6.20. The molecule has 1 aliphatic rings. The Morgan fingerprint density at radius 3 is 2.75 bits per heavy atom. The maximum atomic E-state index is 6.13. The van der Waals surface area contributed by atoms with E-state index in [-0.39, 0.29) is 0 Å². The summed E-state index contributed by atoms with van der Waals surface area (Å²) in [5, 5.41) is 4.51. The SMILES string of the molecule is Cc1c(Cl)cccc1NC1CCCCC1C. The van der Waals surface area contributed by atoms with Gasteiger partial charge in [0.05, 0.1) is 0 Å². The molecule has 1 saturated carbocycles. The van der Waals surface area contributed by atoms with Crippen LogP contribution < -0.4 is 5.32 Å². The van der Waals surface area contributed by atoms with Crippen LogP contribution in [0.25, 0.3) is 0 Å². The Labute approximate surface area is 103 Å². The molecule has 2 heteroatoms. The van der Waals surface area contributed by atoms with Crippen LogP contribution in [-0.4, -0.2) is 6.04 Å². The van der Waals surface area contributed by atoms with Crippen LogP contribution in [0.1, 0.15) is 38.2 Å². The van der Waals surface area contributed by atoms with Gasteiger partial charge in [-0.3, -0.25) is 0 Å². The van der Waals surface area contributed by atoms with Gasteiger partial charge in [-0.15, -0.1) is 0 Å². The van der Waals surface area contributed by atoms with Crippen LogP contribution in [0.3, 0.4) is 0 Å². The first-order chi connectivity index (χ1) is 7.68. The lowest BCUT2D eigenvalue weighted by Gasteiger charge is -2.31. The molecule has 1 nitrogen and oxygen atoms in total. The van der Waals surface area contributed by atoms with E-state index in [0.29, 0.717) is 6.04 Å². The van der Waals surface area contributed by atoms with Crippen molar-refractivity contribution < 1.29 is 0 Å². The minimum atomic E-state index is 0.617. The molecule has 0 spiro atoms. The number of halogens is 1. The van der Waals surface area contributed by atoms with E-state index in [1.165, 1.54) is 36.9 Å². The summed E-state index contributed by atoms with van der Waals surface area (Å²) in [6.45, 7) is 4.43. The topological polar surface area (TPSA) is 12.0 Å². The predicted molar refractivity (Wildman–Crippen MR) is 71.2 cm³/mol. The van der Waals surface area contributed by atoms with Crippen molar-refractivity contribution in [2.45, 2.75) is 45.6 Å². The van der Waals surface area contributed by atoms with E-state index in [9.17, 15) is 0 Å². The van der Waals surface area contributed by atoms with Crippen molar-refractivity contribution in [3.63, 3.8) is 0 Å². The van der Waals surface area contributed by atoms with Gasteiger partial charge in [-0.1, -0.05) is 37.4 Å². The highest BCUT2D eigenvalue weighted by Gasteiger charge is 2.21. The molecule has 1 fully saturated rings. The second-order valence-corrected chi connectivity index (χ2v) is 5.33. The van der Waals surface area contributed by atoms with Gasteiger partial charge in [-0.2, -0.15) is 0 Å². The molecule has 0 heterocycles. The monoisotopic (exact) mass is 237 g/mol. The maximum absolute atomic E-state index is 6.13. The lowest BCUT2D eigenvalue weighted by Crippen LogP contribution is -2.30. The van der Waals surface area contributed by atoms with Crippen molar-refractivity contribution >= 4 is 17.3 Å². The second-order valence-electron chi connectivity index (χ2n) is 4.92. The number of benzene rings is 1. The standard InChI is InChI=1S/C14H20ClN/c1-10-6-3-4-8-13(10)16-14-9-5-7-12(15)11(14)2/h5,7,9-10,13,16H,3-4,6,8H2,1-2H3. The largest absolute Gasteiger partial charge is 0.382 e. The van der Waals surface area contributed by atoms with Gasteiger partial charge in [0, 0.05) is 16.8 Å². The molecule has 2 rings (SSSR count). The number of nitrogens with one attached hydrogen (secondary N) is 1. The summed E-state index contributed by atoms with van der Waals surface area (Å²) in [5.41, 5.74) is 2.37. The molecule has 0 aromatic heterocycles. The first-order valence-corrected chi connectivity index (χ1v) is 6.58. The molecule has 16 heavy (non-hydrogen) atoms. The molecular formula is C14H20ClN. The fourth-order valence-electron chi connectivity index (χ4n) is 2.49. The van der Waals surface area contributed by atoms with Gasteiger partial charge in [0.2, 0.25) is 0 Å². The molecule has 1 aliphatic carbocycles. The minimum absolute atomic E-state index is 0.617. The molecule has 1 aromatic rings. The van der Waals surface area contributed by atoms with Crippen LogP contribution in [0, 0.1) is 12.8 Å². The number of anilines is 1. The van der Waals surface area contributed by atoms with E-state index in [0.717, 1.165) is 10.9 Å². The van der Waals surface area contributed by atoms with Crippen LogP contribution in [0.2, 0.25) is 5.02 Å². The molecule has 2 unspecified atom stereocenters. The first kappa shape index (κ1) is 11.8. The Morgan fingerprint density at radius 2 is 2.00 bits per heavy atom. The Balaban J connectivity index is 2.10. The summed E-state index contributed by atoms with van der Waals surface area (Å²) < 4.78 is 0. The predicted octanol–water partition coefficient (Wildman–Crippen LogP) is 4.64. The van der Waals surface area contributed by atoms with Gasteiger partial charge in [-0.05, 0) is 43.4 Å². The number of hydrogen-bond acceptors (Lipinski definition) is 1. The third-order valence-corrected chi connectivity index (χ3v) is 4.13. The van der Waals surface area contributed by atoms with Crippen LogP contribution >= 0.6 is 11.6 Å². The van der Waals surface area contributed by atoms with E-state index in [1.807, 2.05) is 12.1 Å². The van der Waals surface area contributed by atoms with Gasteiger partial charge in [0.1, 0.15) is 0 Å². The lowest BCUT2D eigenvalue weighted by atomic mass is 9.85. The Bertz CT molecular complexity index is 362. The zero-order chi connectivity index (χ0) is 11.5. The number of rotatable bonds is 2. The Kier molecular flexibility index (Phi) is 3.75. The number of hydrogen-bond donors (Lipinski definition) is 1. The summed E-state index contributed by atoms with van der Waals surface area (Å²) in [4.78, 5) is 0. The van der Waals surface area contributed by atoms with Crippen molar-refractivity contribution in [2.75, 3.05) is 5.32 Å². The molecule has 0 bridgehead atoms. The quantitative estimate of drug-likeness (QED) is 0.790. The molecule has 1 aromatic carbocycles. The van der Waals surface area contributed by atoms with Crippen molar-refractivity contribution in [3.05, 3.63) is 28.8 Å². The zero-order valence-electron chi connectivity index (χ0n) is 10.1. The van der Waals surface area contributed by atoms with Gasteiger partial charge >= 0.3 is 0 Å². The van der Waals surface area contributed by atoms with E-state index < -0.39 is 0 Å². The highest BCUT2D eigenvalue weighted by atomic mass is 35.5. The second kappa shape index (κ2) is 5.09. The molecule has 0 saturated heterocycles. The average molecular weight is 238 g/mol. The molecule has 1 N–H and O–H groups in total. The lowest BCUT2D eigenvalue weighted by molar-refractivity contribution is 0.349. The zero-order valence-corrected chi connectivity index (χ0v) is 10.8. The van der Waals surface area contributed by atoms with Crippen LogP contribution in [0.4, 0.5) is 5.69 Å². The Morgan fingerprint density at radius 1 is 1.25 bits per heavy atom. The molecular weight excluding hydrogens is 218 g/mol. The maximum Gasteiger partial charge on any atom is 0.0455 e. The van der Waals surface area contributed by atoms with Crippen molar-refractivity contribution in [1.29, 1.82) is 0 Å². The van der Waals surface area contributed by atoms with Crippen LogP contribution in [0.5, 0.6) is 0 Å². The third-order valence-electron chi connectivity index (χ3n) is 3.72. The van der Waals surface area contributed by atoms with E-state index in [4.69, 9.17) is 11.6 Å². The normalized spacial score (nSPS) is 25.4. The average Bonchev–Trinajstić information content (AvgIpc) is 2.28. The van der Waals surface area contributed by atoms with E-state index in [2.05, 4.69) is 25.2 Å². The molecule has 0 aliphatic heterocycles. The van der Waals surface area contributed by atoms with Crippen LogP contribution in [0.15, 0.2) is 18.2 Å². The highest BCUT2D eigenvalue weighted by molar-refractivity contribution is 6.31. The van der Waals surface area contributed by atoms with Gasteiger partial charge in [-0.25, -0.2) is 0 Å². The van der Waals surface area contributed by atoms with Gasteiger partial charge in [0.25, 0.3) is 0 Å². The summed E-state index contributed by atoms with van der Waals surface area (Å²) in [7, 11) is 0. The summed E-state index contributed by atoms with van der Waals surface area (Å²) >= 11 is 6.13. The summed E-state index contributed by atoms with van der Waals surface area (Å²) in [6, 6.07) is 6.71. The Hall–Kier alpha value is -0.690. The third kappa shape index (κ3) is 2.52. The van der Waals surface area contributed by atoms with Crippen LogP contribution in [-0.2, 0) is 0 Å². The van der Waals surface area contributed by atoms with E-state index >= 15 is 0 Å². The molecule has 88 valence electrons. The highest BCUT2D eigenvalue weighted by Crippen LogP contribution is 2.29. The van der Waals surface area contributed by atoms with Crippen molar-refractivity contribution in [3.8, 4) is 0 Å². The smallest absolute Gasteiger partial charge is 0.0455 e. The fourth-order valence-corrected chi connectivity index (χ4v) is 2.67. The molecule has 2 atom stereocenters. The van der Waals surface area contributed by atoms with Crippen molar-refractivity contribution in [2.24, 2.45) is 5.92 Å². The fraction of sp³-hybridized carbons (Fsp3) is 0.571.